The Bertz CT molecular complexity index is 737. The Hall–Kier alpha value is -1.52. The molecule has 0 radical (unpaired) electrons. The lowest BCUT2D eigenvalue weighted by Crippen LogP contribution is -2.38. The lowest BCUT2D eigenvalue weighted by atomic mass is 9.97. The Balaban J connectivity index is 2.09. The van der Waals surface area contributed by atoms with Crippen molar-refractivity contribution >= 4 is 40.6 Å². The van der Waals surface area contributed by atoms with Gasteiger partial charge in [0.05, 0.1) is 10.6 Å². The summed E-state index contributed by atoms with van der Waals surface area (Å²) in [6.07, 6.45) is 2.75. The van der Waals surface area contributed by atoms with Crippen LogP contribution in [0.1, 0.15) is 38.7 Å². The molecule has 0 aliphatic carbocycles. The molecule has 6 heteroatoms. The van der Waals surface area contributed by atoms with E-state index in [0.29, 0.717) is 39.3 Å². The summed E-state index contributed by atoms with van der Waals surface area (Å²) < 4.78 is 0. The van der Waals surface area contributed by atoms with E-state index in [0.717, 1.165) is 32.4 Å². The van der Waals surface area contributed by atoms with Crippen LogP contribution >= 0.6 is 23.2 Å². The van der Waals surface area contributed by atoms with Gasteiger partial charge in [0.15, 0.2) is 0 Å². The number of benzene rings is 1. The molecule has 0 atom stereocenters. The molecule has 1 aromatic rings. The number of rotatable bonds is 4. The lowest BCUT2D eigenvalue weighted by Gasteiger charge is -2.32. The molecule has 0 unspecified atom stereocenters. The van der Waals surface area contributed by atoms with Crippen LogP contribution in [0.5, 0.6) is 0 Å². The highest BCUT2D eigenvalue weighted by Crippen LogP contribution is 2.37. The van der Waals surface area contributed by atoms with Crippen LogP contribution < -0.4 is 0 Å². The van der Waals surface area contributed by atoms with E-state index in [2.05, 4.69) is 11.8 Å². The van der Waals surface area contributed by atoms with E-state index in [-0.39, 0.29) is 11.8 Å². The van der Waals surface area contributed by atoms with Crippen LogP contribution in [0.3, 0.4) is 0 Å². The molecule has 2 aliphatic rings. The number of amides is 2. The molecular weight excluding hydrogens is 359 g/mol. The van der Waals surface area contributed by atoms with Crippen LogP contribution in [0.15, 0.2) is 23.9 Å². The highest BCUT2D eigenvalue weighted by atomic mass is 35.5. The average Bonchev–Trinajstić information content (AvgIpc) is 2.81. The fraction of sp³-hybridized carbons (Fsp3) is 0.474. The van der Waals surface area contributed by atoms with Crippen molar-refractivity contribution in [2.24, 2.45) is 5.92 Å². The monoisotopic (exact) mass is 380 g/mol. The summed E-state index contributed by atoms with van der Waals surface area (Å²) in [5, 5.41) is 0.898. The Kier molecular flexibility index (Phi) is 5.40. The number of carbonyl (C=O) groups excluding carboxylic acids is 2. The van der Waals surface area contributed by atoms with Gasteiger partial charge in [-0.3, -0.25) is 14.5 Å². The molecule has 2 amide bonds. The second kappa shape index (κ2) is 7.38. The molecule has 0 saturated carbocycles. The number of nitrogens with zero attached hydrogens (tertiary/aromatic N) is 2. The van der Waals surface area contributed by atoms with Crippen molar-refractivity contribution in [1.82, 2.24) is 9.80 Å². The summed E-state index contributed by atoms with van der Waals surface area (Å²) in [7, 11) is 0. The summed E-state index contributed by atoms with van der Waals surface area (Å²) in [4.78, 5) is 29.4. The van der Waals surface area contributed by atoms with Gasteiger partial charge < -0.3 is 4.90 Å². The minimum atomic E-state index is -0.260. The largest absolute Gasteiger partial charge is 0.366 e. The first kappa shape index (κ1) is 18.3. The lowest BCUT2D eigenvalue weighted by molar-refractivity contribution is -0.137. The first-order valence-electron chi connectivity index (χ1n) is 8.74. The van der Waals surface area contributed by atoms with Gasteiger partial charge >= 0.3 is 0 Å². The minimum Gasteiger partial charge on any atom is -0.366 e. The summed E-state index contributed by atoms with van der Waals surface area (Å²) in [6.45, 7) is 6.15. The van der Waals surface area contributed by atoms with Crippen molar-refractivity contribution in [3.8, 4) is 0 Å². The van der Waals surface area contributed by atoms with Crippen molar-refractivity contribution in [3.05, 3.63) is 39.5 Å². The van der Waals surface area contributed by atoms with Gasteiger partial charge in [-0.25, -0.2) is 0 Å². The maximum absolute atomic E-state index is 13.0. The van der Waals surface area contributed by atoms with Gasteiger partial charge in [0, 0.05) is 30.2 Å². The molecule has 0 aromatic heterocycles. The molecule has 1 fully saturated rings. The standard InChI is InChI=1S/C19H22Cl2N2O2/c1-3-8-23-18(24)16(14-5-4-13(20)11-15(14)21)17(19(23)25)22-9-6-12(2)7-10-22/h4-5,11-12H,3,6-10H2,1-2H3. The summed E-state index contributed by atoms with van der Waals surface area (Å²) in [5.74, 6) is 0.172. The average molecular weight is 381 g/mol. The van der Waals surface area contributed by atoms with E-state index in [4.69, 9.17) is 23.2 Å². The van der Waals surface area contributed by atoms with Gasteiger partial charge in [-0.1, -0.05) is 43.1 Å². The molecule has 134 valence electrons. The van der Waals surface area contributed by atoms with Gasteiger partial charge in [-0.15, -0.1) is 0 Å². The number of hydrogen-bond acceptors (Lipinski definition) is 3. The van der Waals surface area contributed by atoms with E-state index in [1.807, 2.05) is 6.92 Å². The van der Waals surface area contributed by atoms with Gasteiger partial charge in [0.25, 0.3) is 11.8 Å². The first-order chi connectivity index (χ1) is 11.9. The smallest absolute Gasteiger partial charge is 0.277 e. The van der Waals surface area contributed by atoms with Crippen LogP contribution in [-0.2, 0) is 9.59 Å². The van der Waals surface area contributed by atoms with Crippen molar-refractivity contribution in [2.45, 2.75) is 33.1 Å². The first-order valence-corrected chi connectivity index (χ1v) is 9.50. The highest BCUT2D eigenvalue weighted by Gasteiger charge is 2.42. The third-order valence-corrected chi connectivity index (χ3v) is 5.44. The van der Waals surface area contributed by atoms with Crippen LogP contribution in [-0.4, -0.2) is 41.2 Å². The third-order valence-electron chi connectivity index (χ3n) is 4.89. The minimum absolute atomic E-state index is 0.206. The summed E-state index contributed by atoms with van der Waals surface area (Å²) >= 11 is 12.4. The molecule has 2 aliphatic heterocycles. The Morgan fingerprint density at radius 3 is 2.40 bits per heavy atom. The number of imide groups is 1. The van der Waals surface area contributed by atoms with E-state index in [1.54, 1.807) is 18.2 Å². The molecule has 25 heavy (non-hydrogen) atoms. The highest BCUT2D eigenvalue weighted by molar-refractivity contribution is 6.41. The molecule has 1 aromatic carbocycles. The van der Waals surface area contributed by atoms with Crippen molar-refractivity contribution in [1.29, 1.82) is 0 Å². The summed E-state index contributed by atoms with van der Waals surface area (Å²) in [5.41, 5.74) is 1.49. The van der Waals surface area contributed by atoms with E-state index in [1.165, 1.54) is 4.90 Å². The number of likely N-dealkylation sites (tertiary alicyclic amines) is 1. The molecule has 0 N–H and O–H groups in total. The van der Waals surface area contributed by atoms with Crippen LogP contribution in [0.4, 0.5) is 0 Å². The zero-order valence-corrected chi connectivity index (χ0v) is 16.0. The Morgan fingerprint density at radius 2 is 1.80 bits per heavy atom. The maximum Gasteiger partial charge on any atom is 0.277 e. The van der Waals surface area contributed by atoms with E-state index >= 15 is 0 Å². The topological polar surface area (TPSA) is 40.6 Å². The van der Waals surface area contributed by atoms with Crippen molar-refractivity contribution < 1.29 is 9.59 Å². The maximum atomic E-state index is 13.0. The van der Waals surface area contributed by atoms with Crippen LogP contribution in [0.2, 0.25) is 10.0 Å². The second-order valence-electron chi connectivity index (χ2n) is 6.78. The molecule has 2 heterocycles. The van der Waals surface area contributed by atoms with Gasteiger partial charge in [-0.2, -0.15) is 0 Å². The molecule has 3 rings (SSSR count). The Morgan fingerprint density at radius 1 is 1.12 bits per heavy atom. The number of carbonyl (C=O) groups is 2. The van der Waals surface area contributed by atoms with Crippen LogP contribution in [0, 0.1) is 5.92 Å². The normalized spacial score (nSPS) is 19.4. The van der Waals surface area contributed by atoms with Crippen molar-refractivity contribution in [2.75, 3.05) is 19.6 Å². The predicted octanol–water partition coefficient (Wildman–Crippen LogP) is 4.22. The van der Waals surface area contributed by atoms with Gasteiger partial charge in [0.2, 0.25) is 0 Å². The van der Waals surface area contributed by atoms with Gasteiger partial charge in [0.1, 0.15) is 5.70 Å². The van der Waals surface area contributed by atoms with Gasteiger partial charge in [-0.05, 0) is 37.3 Å². The molecule has 4 nitrogen and oxygen atoms in total. The fourth-order valence-corrected chi connectivity index (χ4v) is 3.95. The molecule has 0 spiro atoms. The van der Waals surface area contributed by atoms with E-state index < -0.39 is 0 Å². The SMILES string of the molecule is CCCN1C(=O)C(c2ccc(Cl)cc2Cl)=C(N2CCC(C)CC2)C1=O. The number of hydrogen-bond donors (Lipinski definition) is 0. The number of halogens is 2. The van der Waals surface area contributed by atoms with E-state index in [9.17, 15) is 9.59 Å². The second-order valence-corrected chi connectivity index (χ2v) is 7.62. The Labute approximate surface area is 158 Å². The quantitative estimate of drug-likeness (QED) is 0.734. The zero-order chi connectivity index (χ0) is 18.1. The molecule has 0 bridgehead atoms. The summed E-state index contributed by atoms with van der Waals surface area (Å²) in [6, 6.07) is 5.04. The predicted molar refractivity (Wildman–Crippen MR) is 100 cm³/mol. The zero-order valence-electron chi connectivity index (χ0n) is 14.5. The van der Waals surface area contributed by atoms with Crippen LogP contribution in [0.25, 0.3) is 5.57 Å². The fourth-order valence-electron chi connectivity index (χ4n) is 3.45. The molecular formula is C19H22Cl2N2O2. The third kappa shape index (κ3) is 3.42. The molecule has 1 saturated heterocycles. The number of piperidine rings is 1. The van der Waals surface area contributed by atoms with Crippen molar-refractivity contribution in [3.63, 3.8) is 0 Å².